The van der Waals surface area contributed by atoms with Gasteiger partial charge in [-0.1, -0.05) is 118 Å². The lowest BCUT2D eigenvalue weighted by Gasteiger charge is -2.44. The van der Waals surface area contributed by atoms with Gasteiger partial charge in [-0.15, -0.1) is 0 Å². The molecule has 7 heteroatoms. The minimum absolute atomic E-state index is 0.0929. The molecule has 0 saturated heterocycles. The highest BCUT2D eigenvalue weighted by Gasteiger charge is 2.50. The smallest absolute Gasteiger partial charge is 0.408 e. The summed E-state index contributed by atoms with van der Waals surface area (Å²) >= 11 is 0. The van der Waals surface area contributed by atoms with Gasteiger partial charge in [-0.05, 0) is 52.0 Å². The molecule has 1 N–H and O–H groups in total. The van der Waals surface area contributed by atoms with Gasteiger partial charge >= 0.3 is 6.09 Å². The number of rotatable bonds is 12. The van der Waals surface area contributed by atoms with Gasteiger partial charge in [0.05, 0.1) is 19.8 Å². The second-order valence-corrected chi connectivity index (χ2v) is 16.2. The molecule has 0 radical (unpaired) electrons. The molecule has 6 nitrogen and oxygen atoms in total. The Hall–Kier alpha value is -4.07. The van der Waals surface area contributed by atoms with Crippen molar-refractivity contribution >= 4 is 24.8 Å². The zero-order valence-corrected chi connectivity index (χ0v) is 27.1. The number of carbonyl (C=O) groups excluding carboxylic acids is 1. The fourth-order valence-electron chi connectivity index (χ4n) is 5.64. The van der Waals surface area contributed by atoms with Crippen LogP contribution in [0.2, 0.25) is 5.04 Å². The van der Waals surface area contributed by atoms with Crippen molar-refractivity contribution in [2.75, 3.05) is 20.8 Å². The van der Waals surface area contributed by atoms with Gasteiger partial charge in [-0.3, -0.25) is 0 Å². The van der Waals surface area contributed by atoms with Crippen LogP contribution < -0.4 is 25.2 Å². The molecular weight excluding hydrogens is 554 g/mol. The number of methoxy groups -OCH3 is 2. The van der Waals surface area contributed by atoms with Crippen molar-refractivity contribution in [1.82, 2.24) is 5.32 Å². The van der Waals surface area contributed by atoms with Crippen LogP contribution in [-0.2, 0) is 21.3 Å². The van der Waals surface area contributed by atoms with E-state index in [0.29, 0.717) is 24.5 Å². The van der Waals surface area contributed by atoms with Crippen molar-refractivity contribution < 1.29 is 23.4 Å². The third-order valence-corrected chi connectivity index (χ3v) is 13.0. The summed E-state index contributed by atoms with van der Waals surface area (Å²) in [5.74, 6) is 1.20. The molecule has 0 aliphatic rings. The van der Waals surface area contributed by atoms with Gasteiger partial charge in [0.25, 0.3) is 8.32 Å². The fraction of sp³-hybridized carbons (Fsp3) is 0.306. The SMILES string of the molecule is COc1ccc(COC(=O)NC(C)(CCO[Si](c2ccccc2)(c2ccccc2)C(C)(C)C)c2ccccc2)cc1OC. The van der Waals surface area contributed by atoms with Crippen molar-refractivity contribution in [2.24, 2.45) is 0 Å². The topological polar surface area (TPSA) is 66.0 Å². The Labute approximate surface area is 257 Å². The zero-order chi connectivity index (χ0) is 30.9. The molecule has 43 heavy (non-hydrogen) atoms. The maximum atomic E-state index is 13.2. The molecule has 4 aromatic carbocycles. The van der Waals surface area contributed by atoms with Gasteiger partial charge < -0.3 is 24.0 Å². The predicted molar refractivity (Wildman–Crippen MR) is 175 cm³/mol. The number of nitrogens with one attached hydrogen (secondary N) is 1. The molecule has 0 bridgehead atoms. The van der Waals surface area contributed by atoms with Crippen LogP contribution in [0.4, 0.5) is 4.79 Å². The molecule has 226 valence electrons. The Morgan fingerprint density at radius 1 is 0.721 bits per heavy atom. The third-order valence-electron chi connectivity index (χ3n) is 7.94. The summed E-state index contributed by atoms with van der Waals surface area (Å²) < 4.78 is 23.5. The molecule has 0 aliphatic carbocycles. The lowest BCUT2D eigenvalue weighted by atomic mass is 9.89. The molecule has 0 aliphatic heterocycles. The van der Waals surface area contributed by atoms with Crippen LogP contribution in [-0.4, -0.2) is 35.2 Å². The normalized spacial score (nSPS) is 13.1. The predicted octanol–water partition coefficient (Wildman–Crippen LogP) is 6.81. The van der Waals surface area contributed by atoms with Crippen LogP contribution in [0.15, 0.2) is 109 Å². The molecule has 0 spiro atoms. The number of alkyl carbamates (subject to hydrolysis) is 1. The quantitative estimate of drug-likeness (QED) is 0.182. The summed E-state index contributed by atoms with van der Waals surface area (Å²) in [6, 6.07) is 36.6. The van der Waals surface area contributed by atoms with Gasteiger partial charge in [-0.25, -0.2) is 4.79 Å². The Morgan fingerprint density at radius 3 is 1.77 bits per heavy atom. The zero-order valence-electron chi connectivity index (χ0n) is 26.1. The van der Waals surface area contributed by atoms with E-state index in [1.165, 1.54) is 10.4 Å². The van der Waals surface area contributed by atoms with E-state index in [0.717, 1.165) is 11.1 Å². The molecule has 0 aromatic heterocycles. The average Bonchev–Trinajstić information content (AvgIpc) is 3.02. The van der Waals surface area contributed by atoms with E-state index in [4.69, 9.17) is 18.6 Å². The van der Waals surface area contributed by atoms with Crippen molar-refractivity contribution in [1.29, 1.82) is 0 Å². The molecule has 1 atom stereocenters. The first-order chi connectivity index (χ1) is 20.6. The summed E-state index contributed by atoms with van der Waals surface area (Å²) in [5.41, 5.74) is 1.04. The molecule has 1 unspecified atom stereocenters. The Kier molecular flexibility index (Phi) is 10.3. The summed E-state index contributed by atoms with van der Waals surface area (Å²) in [4.78, 5) is 13.2. The van der Waals surface area contributed by atoms with Gasteiger partial charge in [0.15, 0.2) is 11.5 Å². The molecule has 1 amide bonds. The van der Waals surface area contributed by atoms with Crippen molar-refractivity contribution in [3.63, 3.8) is 0 Å². The molecule has 0 fully saturated rings. The number of carbonyl (C=O) groups is 1. The van der Waals surface area contributed by atoms with Gasteiger partial charge in [0.1, 0.15) is 6.61 Å². The summed E-state index contributed by atoms with van der Waals surface area (Å²) in [7, 11) is 0.433. The number of hydrogen-bond acceptors (Lipinski definition) is 5. The van der Waals surface area contributed by atoms with Crippen LogP contribution in [0.25, 0.3) is 0 Å². The average molecular weight is 598 g/mol. The number of benzene rings is 4. The summed E-state index contributed by atoms with van der Waals surface area (Å²) in [6.07, 6.45) is 0.0408. The largest absolute Gasteiger partial charge is 0.493 e. The maximum Gasteiger partial charge on any atom is 0.408 e. The molecular formula is C36H43NO5Si. The Morgan fingerprint density at radius 2 is 1.26 bits per heavy atom. The van der Waals surface area contributed by atoms with E-state index >= 15 is 0 Å². The lowest BCUT2D eigenvalue weighted by Crippen LogP contribution is -2.66. The van der Waals surface area contributed by atoms with Crippen LogP contribution in [0.3, 0.4) is 0 Å². The fourth-order valence-corrected chi connectivity index (χ4v) is 10.2. The minimum Gasteiger partial charge on any atom is -0.493 e. The van der Waals surface area contributed by atoms with E-state index in [9.17, 15) is 4.79 Å². The van der Waals surface area contributed by atoms with E-state index in [1.54, 1.807) is 26.4 Å². The highest BCUT2D eigenvalue weighted by atomic mass is 28.4. The van der Waals surface area contributed by atoms with E-state index in [2.05, 4.69) is 74.6 Å². The third kappa shape index (κ3) is 7.29. The van der Waals surface area contributed by atoms with Gasteiger partial charge in [0, 0.05) is 6.61 Å². The monoisotopic (exact) mass is 597 g/mol. The van der Waals surface area contributed by atoms with Crippen LogP contribution >= 0.6 is 0 Å². The van der Waals surface area contributed by atoms with Gasteiger partial charge in [-0.2, -0.15) is 0 Å². The van der Waals surface area contributed by atoms with Crippen molar-refractivity contribution in [2.45, 2.75) is 51.3 Å². The van der Waals surface area contributed by atoms with Crippen molar-refractivity contribution in [3.05, 3.63) is 120 Å². The lowest BCUT2D eigenvalue weighted by molar-refractivity contribution is 0.122. The minimum atomic E-state index is -2.73. The second-order valence-electron chi connectivity index (χ2n) is 11.9. The van der Waals surface area contributed by atoms with E-state index in [1.807, 2.05) is 55.5 Å². The molecule has 4 aromatic rings. The maximum absolute atomic E-state index is 13.2. The van der Waals surface area contributed by atoms with Crippen LogP contribution in [0.5, 0.6) is 11.5 Å². The van der Waals surface area contributed by atoms with Crippen LogP contribution in [0, 0.1) is 0 Å². The summed E-state index contributed by atoms with van der Waals surface area (Å²) in [6.45, 7) is 9.34. The number of amides is 1. The van der Waals surface area contributed by atoms with Gasteiger partial charge in [0.2, 0.25) is 0 Å². The van der Waals surface area contributed by atoms with Crippen LogP contribution in [0.1, 0.15) is 45.2 Å². The Bertz CT molecular complexity index is 1420. The standard InChI is InChI=1S/C36H43NO5Si/c1-35(2,3)43(30-18-12-8-13-19-30,31-20-14-9-15-21-31)42-25-24-36(4,29-16-10-7-11-17-29)37-34(38)41-27-28-22-23-32(39-5)33(26-28)40-6/h7-23,26H,24-25,27H2,1-6H3,(H,37,38). The number of ether oxygens (including phenoxy) is 3. The van der Waals surface area contributed by atoms with E-state index in [-0.39, 0.29) is 11.6 Å². The first-order valence-electron chi connectivity index (χ1n) is 14.6. The second kappa shape index (κ2) is 13.9. The van der Waals surface area contributed by atoms with E-state index < -0.39 is 19.9 Å². The first kappa shape index (κ1) is 31.9. The Balaban J connectivity index is 1.57. The molecule has 4 rings (SSSR count). The highest BCUT2D eigenvalue weighted by Crippen LogP contribution is 2.37. The molecule has 0 heterocycles. The highest BCUT2D eigenvalue weighted by molar-refractivity contribution is 6.99. The molecule has 0 saturated carbocycles. The van der Waals surface area contributed by atoms with Crippen molar-refractivity contribution in [3.8, 4) is 11.5 Å². The first-order valence-corrected chi connectivity index (χ1v) is 16.5. The summed E-state index contributed by atoms with van der Waals surface area (Å²) in [5, 5.41) is 5.45. The number of hydrogen-bond donors (Lipinski definition) is 1.